The van der Waals surface area contributed by atoms with E-state index < -0.39 is 83.8 Å². The summed E-state index contributed by atoms with van der Waals surface area (Å²) in [6.45, 7) is 0. The van der Waals surface area contributed by atoms with Crippen LogP contribution in [0.1, 0.15) is 33.6 Å². The zero-order valence-electron chi connectivity index (χ0n) is 38.4. The number of fused-ring (bicyclic) bond motifs is 18. The van der Waals surface area contributed by atoms with Gasteiger partial charge >= 0.3 is 5.97 Å². The Morgan fingerprint density at radius 3 is 1.73 bits per heavy atom. The number of hydrogen-bond acceptors (Lipinski definition) is 10. The first-order valence-electron chi connectivity index (χ1n) is 23.0. The highest BCUT2D eigenvalue weighted by Gasteiger charge is 2.36. The number of thiophene rings is 1. The number of hydrogen-bond donors (Lipinski definition) is 9. The number of anilines is 1. The second-order valence-corrected chi connectivity index (χ2v) is 18.2. The lowest BCUT2D eigenvalue weighted by molar-refractivity contribution is -0.144. The number of carboxylic acid groups (broad SMARTS) is 1. The summed E-state index contributed by atoms with van der Waals surface area (Å²) in [6.07, 6.45) is -4.75. The Balaban J connectivity index is 1.25. The van der Waals surface area contributed by atoms with Gasteiger partial charge in [0.25, 0.3) is 11.8 Å². The van der Waals surface area contributed by atoms with Gasteiger partial charge < -0.3 is 47.2 Å². The summed E-state index contributed by atoms with van der Waals surface area (Å²) in [5.74, 6) is -6.95. The number of aliphatic hydroxyl groups is 2. The molecule has 6 aromatic rings. The number of rotatable bonds is 13. The van der Waals surface area contributed by atoms with Crippen molar-refractivity contribution in [1.82, 2.24) is 26.6 Å². The first kappa shape index (κ1) is 50.9. The Hall–Kier alpha value is -7.99. The fraction of sp³-hybridized carbons (Fsp3) is 0.241. The Labute approximate surface area is 413 Å². The SMILES string of the molecule is O=C(O)[C@H](Cc1ccccc1)NC(=O)[C@@H]1Cc2ccc(cc2)NC(=O)[C@H](O)[C@@H](O)C(=O)N[C@@H](Cc2cccs2)C(=O)N[C@H](Cc2ccc(-c3ccccc3)cc2)C(=O)N[C@@H](CCc2ccccc2)C(=O)N1. The summed E-state index contributed by atoms with van der Waals surface area (Å²) in [4.78, 5) is 98.1. The van der Waals surface area contributed by atoms with Crippen molar-refractivity contribution in [3.05, 3.63) is 184 Å². The van der Waals surface area contributed by atoms with E-state index in [1.807, 2.05) is 72.8 Å². The van der Waals surface area contributed by atoms with E-state index in [1.165, 1.54) is 35.6 Å². The van der Waals surface area contributed by atoms with Crippen LogP contribution in [-0.4, -0.2) is 99.1 Å². The molecular formula is C54H54N6O10S. The Bertz CT molecular complexity index is 2760. The first-order valence-corrected chi connectivity index (χ1v) is 23.9. The third-order valence-electron chi connectivity index (χ3n) is 12.0. The molecule has 0 saturated carbocycles. The van der Waals surface area contributed by atoms with Crippen LogP contribution in [0, 0.1) is 0 Å². The van der Waals surface area contributed by atoms with Crippen molar-refractivity contribution in [2.75, 3.05) is 5.32 Å². The summed E-state index contributed by atoms with van der Waals surface area (Å²) in [5, 5.41) is 49.7. The van der Waals surface area contributed by atoms with Gasteiger partial charge in [-0.25, -0.2) is 4.79 Å². The maximum atomic E-state index is 14.8. The lowest BCUT2D eigenvalue weighted by atomic mass is 9.98. The topological polar surface area (TPSA) is 252 Å². The third-order valence-corrected chi connectivity index (χ3v) is 12.9. The van der Waals surface area contributed by atoms with E-state index in [0.29, 0.717) is 28.0 Å². The van der Waals surface area contributed by atoms with E-state index in [-0.39, 0.29) is 37.8 Å². The van der Waals surface area contributed by atoms with Gasteiger partial charge in [0.05, 0.1) is 0 Å². The van der Waals surface area contributed by atoms with Crippen LogP contribution in [-0.2, 0) is 65.7 Å². The van der Waals surface area contributed by atoms with E-state index in [0.717, 1.165) is 16.7 Å². The Morgan fingerprint density at radius 2 is 1.11 bits per heavy atom. The van der Waals surface area contributed by atoms with Gasteiger partial charge in [0, 0.05) is 36.2 Å². The first-order chi connectivity index (χ1) is 34.3. The molecule has 2 aliphatic heterocycles. The van der Waals surface area contributed by atoms with Crippen LogP contribution < -0.4 is 31.9 Å². The molecule has 1 aromatic heterocycles. The minimum Gasteiger partial charge on any atom is -0.480 e. The van der Waals surface area contributed by atoms with Gasteiger partial charge in [-0.1, -0.05) is 133 Å². The molecule has 8 rings (SSSR count). The minimum absolute atomic E-state index is 0.0276. The van der Waals surface area contributed by atoms with Crippen molar-refractivity contribution < 1.29 is 48.9 Å². The molecule has 0 unspecified atom stereocenters. The Kier molecular flexibility index (Phi) is 17.6. The Morgan fingerprint density at radius 1 is 0.563 bits per heavy atom. The molecular weight excluding hydrogens is 925 g/mol. The van der Waals surface area contributed by atoms with Crippen LogP contribution in [0.3, 0.4) is 0 Å². The molecule has 0 fully saturated rings. The molecule has 5 aromatic carbocycles. The normalized spacial score (nSPS) is 20.7. The molecule has 9 N–H and O–H groups in total. The van der Waals surface area contributed by atoms with Crippen molar-refractivity contribution >= 4 is 58.4 Å². The number of amides is 6. The summed E-state index contributed by atoms with van der Waals surface area (Å²) in [5.41, 5.74) is 4.53. The monoisotopic (exact) mass is 978 g/mol. The molecule has 0 radical (unpaired) electrons. The van der Waals surface area contributed by atoms with Crippen LogP contribution in [0.4, 0.5) is 5.69 Å². The molecule has 0 spiro atoms. The van der Waals surface area contributed by atoms with Crippen molar-refractivity contribution in [3.63, 3.8) is 0 Å². The predicted octanol–water partition coefficient (Wildman–Crippen LogP) is 3.50. The molecule has 0 saturated heterocycles. The fourth-order valence-corrected chi connectivity index (χ4v) is 8.79. The molecule has 3 heterocycles. The quantitative estimate of drug-likeness (QED) is 0.0762. The highest BCUT2D eigenvalue weighted by Crippen LogP contribution is 2.21. The van der Waals surface area contributed by atoms with Crippen LogP contribution in [0.15, 0.2) is 157 Å². The highest BCUT2D eigenvalue weighted by molar-refractivity contribution is 7.09. The van der Waals surface area contributed by atoms with E-state index in [4.69, 9.17) is 0 Å². The third kappa shape index (κ3) is 14.5. The van der Waals surface area contributed by atoms with E-state index in [2.05, 4.69) is 31.9 Å². The van der Waals surface area contributed by atoms with Crippen LogP contribution in [0.5, 0.6) is 0 Å². The minimum atomic E-state index is -2.33. The zero-order valence-corrected chi connectivity index (χ0v) is 39.2. The van der Waals surface area contributed by atoms with E-state index >= 15 is 0 Å². The lowest BCUT2D eigenvalue weighted by Gasteiger charge is -2.27. The van der Waals surface area contributed by atoms with Gasteiger partial charge in [0.15, 0.2) is 12.2 Å². The van der Waals surface area contributed by atoms with E-state index in [9.17, 15) is 48.9 Å². The van der Waals surface area contributed by atoms with Gasteiger partial charge in [-0.2, -0.15) is 0 Å². The number of aliphatic hydroxyl groups excluding tert-OH is 2. The van der Waals surface area contributed by atoms with Crippen molar-refractivity contribution in [2.45, 2.75) is 80.9 Å². The largest absolute Gasteiger partial charge is 0.480 e. The molecule has 0 aliphatic carbocycles. The average Bonchev–Trinajstić information content (AvgIpc) is 3.90. The number of nitrogens with one attached hydrogen (secondary N) is 6. The predicted molar refractivity (Wildman–Crippen MR) is 267 cm³/mol. The molecule has 16 nitrogen and oxygen atoms in total. The van der Waals surface area contributed by atoms with Gasteiger partial charge in [-0.3, -0.25) is 28.8 Å². The van der Waals surface area contributed by atoms with Crippen molar-refractivity contribution in [2.24, 2.45) is 0 Å². The lowest BCUT2D eigenvalue weighted by Crippen LogP contribution is -2.60. The second-order valence-electron chi connectivity index (χ2n) is 17.2. The van der Waals surface area contributed by atoms with Crippen molar-refractivity contribution in [1.29, 1.82) is 0 Å². The summed E-state index contributed by atoms with van der Waals surface area (Å²) >= 11 is 1.29. The molecule has 2 aliphatic rings. The van der Waals surface area contributed by atoms with Gasteiger partial charge in [-0.15, -0.1) is 11.3 Å². The van der Waals surface area contributed by atoms with E-state index in [1.54, 1.807) is 60.0 Å². The van der Waals surface area contributed by atoms with Crippen LogP contribution in [0.25, 0.3) is 11.1 Å². The molecule has 2 bridgehead atoms. The summed E-state index contributed by atoms with van der Waals surface area (Å²) < 4.78 is 0. The molecule has 7 atom stereocenters. The van der Waals surface area contributed by atoms with Crippen LogP contribution in [0.2, 0.25) is 0 Å². The van der Waals surface area contributed by atoms with Gasteiger partial charge in [0.2, 0.25) is 23.6 Å². The number of carboxylic acids is 1. The number of benzene rings is 5. The number of aryl methyl sites for hydroxylation is 1. The van der Waals surface area contributed by atoms with Crippen molar-refractivity contribution in [3.8, 4) is 11.1 Å². The number of carbonyl (C=O) groups is 7. The standard InChI is InChI=1S/C54H54N6O10S/c61-46-47(62)53(68)59-44(32-40-17-10-28-71-40)51(66)58-42(29-35-18-23-38(24-19-35)37-15-8-3-9-16-37)49(64)56-41(27-22-33-11-4-1-5-12-33)48(63)57-43(30-36-20-25-39(26-21-36)55-52(46)67)50(65)60-45(54(69)70)31-34-13-6-2-7-14-34/h1-21,23-26,28,41-47,61-62H,22,27,29-32H2,(H,55,67)(H,56,64)(H,57,63)(H,58,66)(H,59,68)(H,60,65)(H,69,70)/t41-,42+,43-,44-,45-,46+,47+/m0/s1. The number of carbonyl (C=O) groups excluding carboxylic acids is 6. The zero-order chi connectivity index (χ0) is 50.3. The van der Waals surface area contributed by atoms with Crippen LogP contribution >= 0.6 is 11.3 Å². The second kappa shape index (κ2) is 24.5. The highest BCUT2D eigenvalue weighted by atomic mass is 32.1. The van der Waals surface area contributed by atoms with Gasteiger partial charge in [-0.05, 0) is 69.8 Å². The van der Waals surface area contributed by atoms with Gasteiger partial charge in [0.1, 0.15) is 30.2 Å². The molecule has 6 amide bonds. The molecule has 17 heteroatoms. The maximum Gasteiger partial charge on any atom is 0.326 e. The summed E-state index contributed by atoms with van der Waals surface area (Å²) in [6, 6.07) is 37.3. The summed E-state index contributed by atoms with van der Waals surface area (Å²) in [7, 11) is 0. The number of aliphatic carboxylic acids is 1. The average molecular weight is 979 g/mol. The maximum absolute atomic E-state index is 14.8. The molecule has 71 heavy (non-hydrogen) atoms. The smallest absolute Gasteiger partial charge is 0.326 e. The molecule has 366 valence electrons. The fourth-order valence-electron chi connectivity index (χ4n) is 8.04.